The van der Waals surface area contributed by atoms with Crippen molar-refractivity contribution in [2.75, 3.05) is 6.61 Å². The topological polar surface area (TPSA) is 62.5 Å². The fraction of sp³-hybridized carbons (Fsp3) is 0.400. The first-order chi connectivity index (χ1) is 9.04. The third-order valence-corrected chi connectivity index (χ3v) is 3.34. The number of hydrogen-bond donors (Lipinski definition) is 2. The Hall–Kier alpha value is -1.81. The van der Waals surface area contributed by atoms with Crippen molar-refractivity contribution in [1.29, 1.82) is 0 Å². The number of aliphatic hydroxyl groups excluding tert-OH is 1. The van der Waals surface area contributed by atoms with E-state index in [0.717, 1.165) is 16.5 Å². The van der Waals surface area contributed by atoms with Crippen LogP contribution in [0.1, 0.15) is 42.1 Å². The number of aromatic carboxylic acids is 1. The summed E-state index contributed by atoms with van der Waals surface area (Å²) >= 11 is 0. The molecule has 2 aromatic rings. The van der Waals surface area contributed by atoms with Gasteiger partial charge in [-0.15, -0.1) is 0 Å². The van der Waals surface area contributed by atoms with Gasteiger partial charge in [-0.05, 0) is 36.1 Å². The highest BCUT2D eigenvalue weighted by atomic mass is 16.4. The highest BCUT2D eigenvalue weighted by Crippen LogP contribution is 2.26. The largest absolute Gasteiger partial charge is 0.478 e. The maximum atomic E-state index is 11.5. The molecule has 1 aromatic carbocycles. The van der Waals surface area contributed by atoms with Crippen molar-refractivity contribution in [2.24, 2.45) is 0 Å². The minimum atomic E-state index is -0.906. The van der Waals surface area contributed by atoms with Crippen LogP contribution in [-0.2, 0) is 6.54 Å². The Balaban J connectivity index is 2.61. The molecular weight excluding hydrogens is 242 g/mol. The Morgan fingerprint density at radius 1 is 1.37 bits per heavy atom. The molecule has 1 heterocycles. The maximum absolute atomic E-state index is 11.5. The van der Waals surface area contributed by atoms with Crippen LogP contribution >= 0.6 is 0 Å². The van der Waals surface area contributed by atoms with E-state index < -0.39 is 5.97 Å². The van der Waals surface area contributed by atoms with Gasteiger partial charge in [-0.3, -0.25) is 0 Å². The summed E-state index contributed by atoms with van der Waals surface area (Å²) in [6.07, 6.45) is 2.51. The highest BCUT2D eigenvalue weighted by Gasteiger charge is 2.15. The van der Waals surface area contributed by atoms with Gasteiger partial charge in [-0.1, -0.05) is 13.8 Å². The van der Waals surface area contributed by atoms with E-state index in [-0.39, 0.29) is 6.61 Å². The van der Waals surface area contributed by atoms with Crippen LogP contribution in [0.25, 0.3) is 10.9 Å². The molecule has 0 aliphatic rings. The van der Waals surface area contributed by atoms with Gasteiger partial charge in [0.25, 0.3) is 0 Å². The zero-order valence-electron chi connectivity index (χ0n) is 11.3. The molecule has 0 aliphatic carbocycles. The predicted molar refractivity (Wildman–Crippen MR) is 74.7 cm³/mol. The lowest BCUT2D eigenvalue weighted by atomic mass is 9.98. The highest BCUT2D eigenvalue weighted by molar-refractivity contribution is 6.02. The van der Waals surface area contributed by atoms with Crippen LogP contribution in [-0.4, -0.2) is 27.4 Å². The number of nitrogens with zero attached hydrogens (tertiary/aromatic N) is 1. The number of benzene rings is 1. The maximum Gasteiger partial charge on any atom is 0.337 e. The number of aromatic nitrogens is 1. The summed E-state index contributed by atoms with van der Waals surface area (Å²) in [5, 5.41) is 19.2. The predicted octanol–water partition coefficient (Wildman–Crippen LogP) is 2.85. The van der Waals surface area contributed by atoms with Gasteiger partial charge in [0.05, 0.1) is 11.1 Å². The summed E-state index contributed by atoms with van der Waals surface area (Å²) in [4.78, 5) is 11.5. The molecule has 0 bridgehead atoms. The molecule has 0 saturated carbocycles. The first-order valence-electron chi connectivity index (χ1n) is 6.51. The second-order valence-corrected chi connectivity index (χ2v) is 5.05. The second-order valence-electron chi connectivity index (χ2n) is 5.05. The van der Waals surface area contributed by atoms with E-state index in [4.69, 9.17) is 5.11 Å². The second kappa shape index (κ2) is 5.45. The normalized spacial score (nSPS) is 11.4. The molecule has 2 rings (SSSR count). The number of fused-ring (bicyclic) bond motifs is 1. The van der Waals surface area contributed by atoms with E-state index in [1.54, 1.807) is 6.07 Å². The van der Waals surface area contributed by atoms with E-state index >= 15 is 0 Å². The van der Waals surface area contributed by atoms with E-state index in [1.807, 2.05) is 22.9 Å². The van der Waals surface area contributed by atoms with Crippen LogP contribution < -0.4 is 0 Å². The van der Waals surface area contributed by atoms with Gasteiger partial charge < -0.3 is 14.8 Å². The molecule has 0 radical (unpaired) electrons. The SMILES string of the molecule is CC(C)c1cc(C(=O)O)c2c(ccn2CCCO)c1. The quantitative estimate of drug-likeness (QED) is 0.870. The number of aliphatic hydroxyl groups is 1. The van der Waals surface area contributed by atoms with Crippen LogP contribution in [0.3, 0.4) is 0 Å². The van der Waals surface area contributed by atoms with Gasteiger partial charge in [0.1, 0.15) is 0 Å². The number of carbonyl (C=O) groups is 1. The van der Waals surface area contributed by atoms with Crippen molar-refractivity contribution in [1.82, 2.24) is 4.57 Å². The van der Waals surface area contributed by atoms with Crippen molar-refractivity contribution in [2.45, 2.75) is 32.7 Å². The van der Waals surface area contributed by atoms with E-state index in [0.29, 0.717) is 24.4 Å². The van der Waals surface area contributed by atoms with E-state index in [2.05, 4.69) is 13.8 Å². The number of rotatable bonds is 5. The van der Waals surface area contributed by atoms with Crippen molar-refractivity contribution in [3.63, 3.8) is 0 Å². The number of carboxylic acids is 1. The van der Waals surface area contributed by atoms with Crippen molar-refractivity contribution >= 4 is 16.9 Å². The standard InChI is InChI=1S/C15H19NO3/c1-10(2)12-8-11-4-6-16(5-3-7-17)14(11)13(9-12)15(18)19/h4,6,8-10,17H,3,5,7H2,1-2H3,(H,18,19). The summed E-state index contributed by atoms with van der Waals surface area (Å²) in [6.45, 7) is 4.83. The average molecular weight is 261 g/mol. The molecule has 4 heteroatoms. The van der Waals surface area contributed by atoms with Gasteiger partial charge in [-0.25, -0.2) is 4.79 Å². The zero-order chi connectivity index (χ0) is 14.0. The van der Waals surface area contributed by atoms with Crippen molar-refractivity contribution < 1.29 is 15.0 Å². The first kappa shape index (κ1) is 13.6. The summed E-state index contributed by atoms with van der Waals surface area (Å²) in [5.41, 5.74) is 2.11. The third-order valence-electron chi connectivity index (χ3n) is 3.34. The Bertz CT molecular complexity index is 599. The summed E-state index contributed by atoms with van der Waals surface area (Å²) in [7, 11) is 0. The molecular formula is C15H19NO3. The number of carboxylic acid groups (broad SMARTS) is 1. The smallest absolute Gasteiger partial charge is 0.337 e. The average Bonchev–Trinajstić information content (AvgIpc) is 2.77. The van der Waals surface area contributed by atoms with Crippen LogP contribution in [0.2, 0.25) is 0 Å². The van der Waals surface area contributed by atoms with Crippen LogP contribution in [0.4, 0.5) is 0 Å². The van der Waals surface area contributed by atoms with Crippen LogP contribution in [0.5, 0.6) is 0 Å². The summed E-state index contributed by atoms with van der Waals surface area (Å²) in [5.74, 6) is -0.611. The minimum absolute atomic E-state index is 0.103. The lowest BCUT2D eigenvalue weighted by Crippen LogP contribution is -2.05. The zero-order valence-corrected chi connectivity index (χ0v) is 11.3. The van der Waals surface area contributed by atoms with E-state index in [9.17, 15) is 9.90 Å². The fourth-order valence-corrected chi connectivity index (χ4v) is 2.30. The molecule has 102 valence electrons. The monoisotopic (exact) mass is 261 g/mol. The molecule has 19 heavy (non-hydrogen) atoms. The first-order valence-corrected chi connectivity index (χ1v) is 6.51. The molecule has 0 amide bonds. The van der Waals surface area contributed by atoms with E-state index in [1.165, 1.54) is 0 Å². The summed E-state index contributed by atoms with van der Waals surface area (Å²) in [6, 6.07) is 5.73. The molecule has 0 fully saturated rings. The molecule has 2 N–H and O–H groups in total. The number of hydrogen-bond acceptors (Lipinski definition) is 2. The Morgan fingerprint density at radius 3 is 2.68 bits per heavy atom. The third kappa shape index (κ3) is 2.63. The van der Waals surface area contributed by atoms with Gasteiger partial charge in [0, 0.05) is 24.7 Å². The molecule has 0 aliphatic heterocycles. The molecule has 1 aromatic heterocycles. The van der Waals surface area contributed by atoms with Crippen LogP contribution in [0, 0.1) is 0 Å². The van der Waals surface area contributed by atoms with Gasteiger partial charge in [0.2, 0.25) is 0 Å². The van der Waals surface area contributed by atoms with Crippen molar-refractivity contribution in [3.05, 3.63) is 35.5 Å². The number of aryl methyl sites for hydroxylation is 1. The molecule has 0 saturated heterocycles. The molecule has 4 nitrogen and oxygen atoms in total. The van der Waals surface area contributed by atoms with Gasteiger partial charge in [0.15, 0.2) is 0 Å². The molecule has 0 unspecified atom stereocenters. The minimum Gasteiger partial charge on any atom is -0.478 e. The van der Waals surface area contributed by atoms with Gasteiger partial charge >= 0.3 is 5.97 Å². The van der Waals surface area contributed by atoms with Crippen LogP contribution in [0.15, 0.2) is 24.4 Å². The van der Waals surface area contributed by atoms with Crippen molar-refractivity contribution in [3.8, 4) is 0 Å². The summed E-state index contributed by atoms with van der Waals surface area (Å²) < 4.78 is 1.90. The lowest BCUT2D eigenvalue weighted by molar-refractivity contribution is 0.0698. The molecule has 0 atom stereocenters. The van der Waals surface area contributed by atoms with Gasteiger partial charge in [-0.2, -0.15) is 0 Å². The Morgan fingerprint density at radius 2 is 2.11 bits per heavy atom. The Labute approximate surface area is 112 Å². The lowest BCUT2D eigenvalue weighted by Gasteiger charge is -2.11. The fourth-order valence-electron chi connectivity index (χ4n) is 2.30. The Kier molecular flexibility index (Phi) is 3.90. The molecule has 0 spiro atoms.